The first-order chi connectivity index (χ1) is 13.8. The van der Waals surface area contributed by atoms with E-state index in [1.807, 2.05) is 13.0 Å². The fourth-order valence-electron chi connectivity index (χ4n) is 3.63. The third kappa shape index (κ3) is 2.91. The van der Waals surface area contributed by atoms with Crippen LogP contribution < -0.4 is 14.9 Å². The van der Waals surface area contributed by atoms with Crippen molar-refractivity contribution in [3.8, 4) is 11.5 Å². The second-order valence-corrected chi connectivity index (χ2v) is 6.88. The predicted molar refractivity (Wildman–Crippen MR) is 109 cm³/mol. The molecular formula is C22H18N2O5. The number of aryl methyl sites for hydroxylation is 2. The molecule has 2 heterocycles. The van der Waals surface area contributed by atoms with Crippen LogP contribution in [0.5, 0.6) is 11.5 Å². The topological polar surface area (TPSA) is 87.5 Å². The van der Waals surface area contributed by atoms with E-state index < -0.39 is 11.9 Å². The molecule has 0 atom stereocenters. The highest BCUT2D eigenvalue weighted by Gasteiger charge is 2.25. The van der Waals surface area contributed by atoms with Gasteiger partial charge in [0.15, 0.2) is 11.5 Å². The average molecular weight is 390 g/mol. The summed E-state index contributed by atoms with van der Waals surface area (Å²) in [7, 11) is 1.76. The van der Waals surface area contributed by atoms with Crippen LogP contribution in [0.1, 0.15) is 19.4 Å². The third-order valence-corrected chi connectivity index (χ3v) is 4.73. The van der Waals surface area contributed by atoms with Crippen LogP contribution in [0.3, 0.4) is 0 Å². The molecule has 4 rings (SSSR count). The van der Waals surface area contributed by atoms with E-state index in [9.17, 15) is 14.4 Å². The summed E-state index contributed by atoms with van der Waals surface area (Å²) in [6.07, 6.45) is 1.62. The van der Waals surface area contributed by atoms with Gasteiger partial charge in [0.05, 0.1) is 10.9 Å². The van der Waals surface area contributed by atoms with Gasteiger partial charge in [0, 0.05) is 37.9 Å². The van der Waals surface area contributed by atoms with Gasteiger partial charge in [-0.3, -0.25) is 19.4 Å². The summed E-state index contributed by atoms with van der Waals surface area (Å²) in [5.41, 5.74) is 1.81. The Balaban J connectivity index is 2.39. The number of ether oxygens (including phenoxy) is 2. The first-order valence-corrected chi connectivity index (χ1v) is 9.00. The molecule has 0 aliphatic heterocycles. The van der Waals surface area contributed by atoms with Crippen molar-refractivity contribution < 1.29 is 19.1 Å². The number of rotatable bonds is 2. The summed E-state index contributed by atoms with van der Waals surface area (Å²) < 4.78 is 12.8. The summed E-state index contributed by atoms with van der Waals surface area (Å²) >= 11 is 0. The number of hydrogen-bond acceptors (Lipinski definition) is 6. The van der Waals surface area contributed by atoms with Crippen LogP contribution in [0.15, 0.2) is 41.3 Å². The van der Waals surface area contributed by atoms with Crippen molar-refractivity contribution in [2.75, 3.05) is 0 Å². The molecule has 0 amide bonds. The van der Waals surface area contributed by atoms with E-state index in [-0.39, 0.29) is 22.3 Å². The van der Waals surface area contributed by atoms with Gasteiger partial charge in [0.25, 0.3) is 0 Å². The van der Waals surface area contributed by atoms with Crippen LogP contribution in [0, 0.1) is 6.92 Å². The van der Waals surface area contributed by atoms with Gasteiger partial charge in [-0.1, -0.05) is 12.1 Å². The lowest BCUT2D eigenvalue weighted by Crippen LogP contribution is -2.15. The molecule has 0 N–H and O–H groups in total. The van der Waals surface area contributed by atoms with E-state index in [2.05, 4.69) is 4.98 Å². The van der Waals surface area contributed by atoms with Gasteiger partial charge in [-0.2, -0.15) is 0 Å². The average Bonchev–Trinajstić information content (AvgIpc) is 2.67. The number of fused-ring (bicyclic) bond motifs is 3. The standard InChI is InChI=1S/C22H18N2O5/c1-11-9-15-18(23-10-11)22(29-13(3)26)19-17(21(15)28-12(2)25)20(27)14-7-5-6-8-16(14)24(19)4/h5-10H,1-4H3. The molecule has 0 saturated carbocycles. The van der Waals surface area contributed by atoms with Gasteiger partial charge in [0.1, 0.15) is 11.0 Å². The van der Waals surface area contributed by atoms with E-state index in [0.29, 0.717) is 27.3 Å². The van der Waals surface area contributed by atoms with Gasteiger partial charge in [-0.15, -0.1) is 0 Å². The van der Waals surface area contributed by atoms with E-state index in [4.69, 9.17) is 9.47 Å². The van der Waals surface area contributed by atoms with Gasteiger partial charge in [-0.25, -0.2) is 0 Å². The Kier molecular flexibility index (Phi) is 4.30. The summed E-state index contributed by atoms with van der Waals surface area (Å²) in [5.74, 6) is -0.843. The highest BCUT2D eigenvalue weighted by molar-refractivity contribution is 6.12. The normalized spacial score (nSPS) is 11.2. The quantitative estimate of drug-likeness (QED) is 0.296. The molecule has 7 heteroatoms. The van der Waals surface area contributed by atoms with Crippen molar-refractivity contribution in [1.29, 1.82) is 0 Å². The Morgan fingerprint density at radius 3 is 2.34 bits per heavy atom. The van der Waals surface area contributed by atoms with Crippen LogP contribution >= 0.6 is 0 Å². The molecule has 0 fully saturated rings. The molecular weight excluding hydrogens is 372 g/mol. The number of benzene rings is 2. The Bertz CT molecular complexity index is 1400. The van der Waals surface area contributed by atoms with Crippen molar-refractivity contribution >= 4 is 44.6 Å². The van der Waals surface area contributed by atoms with Gasteiger partial charge in [-0.05, 0) is 30.7 Å². The number of hydrogen-bond donors (Lipinski definition) is 0. The van der Waals surface area contributed by atoms with Crippen LogP contribution in [0.25, 0.3) is 32.7 Å². The molecule has 0 saturated heterocycles. The summed E-state index contributed by atoms with van der Waals surface area (Å²) in [6, 6.07) is 8.84. The number of carbonyl (C=O) groups is 2. The molecule has 0 unspecified atom stereocenters. The second kappa shape index (κ2) is 6.70. The predicted octanol–water partition coefficient (Wildman–Crippen LogP) is 3.40. The maximum absolute atomic E-state index is 13.4. The lowest BCUT2D eigenvalue weighted by atomic mass is 10.0. The number of esters is 2. The lowest BCUT2D eigenvalue weighted by molar-refractivity contribution is -0.132. The molecule has 0 bridgehead atoms. The second-order valence-electron chi connectivity index (χ2n) is 6.88. The summed E-state index contributed by atoms with van der Waals surface area (Å²) in [4.78, 5) is 41.6. The Morgan fingerprint density at radius 2 is 1.66 bits per heavy atom. The maximum Gasteiger partial charge on any atom is 0.308 e. The van der Waals surface area contributed by atoms with Crippen LogP contribution in [-0.2, 0) is 16.6 Å². The summed E-state index contributed by atoms with van der Waals surface area (Å²) in [6.45, 7) is 4.38. The number of aromatic nitrogens is 2. The third-order valence-electron chi connectivity index (χ3n) is 4.73. The molecule has 7 nitrogen and oxygen atoms in total. The minimum atomic E-state index is -0.565. The minimum Gasteiger partial charge on any atom is -0.425 e. The highest BCUT2D eigenvalue weighted by atomic mass is 16.5. The number of pyridine rings is 2. The first-order valence-electron chi connectivity index (χ1n) is 9.00. The highest BCUT2D eigenvalue weighted by Crippen LogP contribution is 2.41. The largest absolute Gasteiger partial charge is 0.425 e. The van der Waals surface area contributed by atoms with Crippen molar-refractivity contribution in [3.05, 3.63) is 52.3 Å². The number of carbonyl (C=O) groups excluding carboxylic acids is 2. The molecule has 146 valence electrons. The molecule has 29 heavy (non-hydrogen) atoms. The van der Waals surface area contributed by atoms with E-state index in [1.54, 1.807) is 42.1 Å². The van der Waals surface area contributed by atoms with Crippen molar-refractivity contribution in [1.82, 2.24) is 9.55 Å². The molecule has 0 aliphatic rings. The van der Waals surface area contributed by atoms with Crippen molar-refractivity contribution in [2.24, 2.45) is 7.05 Å². The molecule has 0 spiro atoms. The fourth-order valence-corrected chi connectivity index (χ4v) is 3.63. The minimum absolute atomic E-state index is 0.112. The Labute approximate surface area is 165 Å². The van der Waals surface area contributed by atoms with Crippen molar-refractivity contribution in [2.45, 2.75) is 20.8 Å². The first kappa shape index (κ1) is 18.6. The maximum atomic E-state index is 13.4. The number of nitrogens with zero attached hydrogens (tertiary/aromatic N) is 2. The molecule has 4 aromatic rings. The van der Waals surface area contributed by atoms with Crippen molar-refractivity contribution in [3.63, 3.8) is 0 Å². The SMILES string of the molecule is CC(=O)Oc1c2cc(C)cnc2c(OC(C)=O)c2c1c(=O)c1ccccc1n2C. The summed E-state index contributed by atoms with van der Waals surface area (Å²) in [5, 5.41) is 1.05. The molecule has 0 aliphatic carbocycles. The molecule has 2 aromatic heterocycles. The van der Waals surface area contributed by atoms with E-state index in [1.165, 1.54) is 13.8 Å². The lowest BCUT2D eigenvalue weighted by Gasteiger charge is -2.18. The van der Waals surface area contributed by atoms with Gasteiger partial charge < -0.3 is 14.0 Å². The zero-order valence-corrected chi connectivity index (χ0v) is 16.4. The van der Waals surface area contributed by atoms with Crippen LogP contribution in [0.2, 0.25) is 0 Å². The Hall–Kier alpha value is -3.74. The monoisotopic (exact) mass is 390 g/mol. The zero-order valence-electron chi connectivity index (χ0n) is 16.4. The van der Waals surface area contributed by atoms with Gasteiger partial charge >= 0.3 is 11.9 Å². The number of para-hydroxylation sites is 1. The fraction of sp³-hybridized carbons (Fsp3) is 0.182. The van der Waals surface area contributed by atoms with E-state index >= 15 is 0 Å². The molecule has 0 radical (unpaired) electrons. The van der Waals surface area contributed by atoms with Crippen LogP contribution in [-0.4, -0.2) is 21.5 Å². The zero-order chi connectivity index (χ0) is 20.9. The Morgan fingerprint density at radius 1 is 1.00 bits per heavy atom. The van der Waals surface area contributed by atoms with Gasteiger partial charge in [0.2, 0.25) is 5.43 Å². The smallest absolute Gasteiger partial charge is 0.308 e. The van der Waals surface area contributed by atoms with Crippen LogP contribution in [0.4, 0.5) is 0 Å². The molecule has 2 aromatic carbocycles. The van der Waals surface area contributed by atoms with E-state index in [0.717, 1.165) is 5.56 Å².